The normalized spacial score (nSPS) is 11.4. The fraction of sp³-hybridized carbons (Fsp3) is 0.318. The van der Waals surface area contributed by atoms with Gasteiger partial charge in [0.1, 0.15) is 5.75 Å². The summed E-state index contributed by atoms with van der Waals surface area (Å²) in [4.78, 5) is 9.01. The van der Waals surface area contributed by atoms with Crippen molar-refractivity contribution in [2.24, 2.45) is 4.99 Å². The maximum Gasteiger partial charge on any atom is 0.228 e. The Morgan fingerprint density at radius 2 is 1.97 bits per heavy atom. The number of hydrogen-bond acceptors (Lipinski definition) is 5. The minimum atomic E-state index is 0.529. The first-order chi connectivity index (χ1) is 14.7. The molecule has 0 fully saturated rings. The van der Waals surface area contributed by atoms with E-state index in [4.69, 9.17) is 20.9 Å². The van der Waals surface area contributed by atoms with Crippen LogP contribution in [0.15, 0.2) is 58.0 Å². The molecule has 0 radical (unpaired) electrons. The molecule has 0 atom stereocenters. The van der Waals surface area contributed by atoms with Gasteiger partial charge in [-0.2, -0.15) is 4.98 Å². The number of halogens is 1. The van der Waals surface area contributed by atoms with Crippen molar-refractivity contribution in [3.63, 3.8) is 0 Å². The molecule has 0 saturated heterocycles. The van der Waals surface area contributed by atoms with Gasteiger partial charge in [-0.05, 0) is 43.2 Å². The number of methoxy groups -OCH3 is 1. The van der Waals surface area contributed by atoms with Crippen LogP contribution in [-0.2, 0) is 12.8 Å². The molecule has 2 N–H and O–H groups in total. The van der Waals surface area contributed by atoms with E-state index >= 15 is 0 Å². The predicted molar refractivity (Wildman–Crippen MR) is 119 cm³/mol. The highest BCUT2D eigenvalue weighted by Crippen LogP contribution is 2.20. The van der Waals surface area contributed by atoms with Crippen molar-refractivity contribution in [1.29, 1.82) is 0 Å². The maximum atomic E-state index is 6.02. The smallest absolute Gasteiger partial charge is 0.228 e. The van der Waals surface area contributed by atoms with Crippen molar-refractivity contribution in [1.82, 2.24) is 20.8 Å². The van der Waals surface area contributed by atoms with Crippen molar-refractivity contribution in [3.05, 3.63) is 65.0 Å². The second-order valence-electron chi connectivity index (χ2n) is 6.56. The molecule has 0 bridgehead atoms. The van der Waals surface area contributed by atoms with Gasteiger partial charge in [-0.1, -0.05) is 41.0 Å². The number of rotatable bonds is 9. The van der Waals surface area contributed by atoms with Crippen molar-refractivity contribution in [2.45, 2.75) is 19.8 Å². The van der Waals surface area contributed by atoms with Gasteiger partial charge in [-0.15, -0.1) is 0 Å². The Hall–Kier alpha value is -3.06. The lowest BCUT2D eigenvalue weighted by molar-refractivity contribution is 0.380. The first-order valence-corrected chi connectivity index (χ1v) is 10.3. The van der Waals surface area contributed by atoms with Crippen molar-refractivity contribution in [2.75, 3.05) is 26.7 Å². The predicted octanol–water partition coefficient (Wildman–Crippen LogP) is 3.74. The molecule has 0 unspecified atom stereocenters. The molecule has 0 aliphatic carbocycles. The van der Waals surface area contributed by atoms with Gasteiger partial charge in [0.15, 0.2) is 5.96 Å². The maximum absolute atomic E-state index is 6.02. The number of nitrogens with one attached hydrogen (secondary N) is 2. The third kappa shape index (κ3) is 6.49. The van der Waals surface area contributed by atoms with E-state index in [9.17, 15) is 0 Å². The molecular weight excluding hydrogens is 402 g/mol. The monoisotopic (exact) mass is 427 g/mol. The summed E-state index contributed by atoms with van der Waals surface area (Å²) in [5, 5.41) is 11.3. The molecule has 0 saturated carbocycles. The van der Waals surface area contributed by atoms with E-state index in [0.717, 1.165) is 36.8 Å². The quantitative estimate of drug-likeness (QED) is 0.399. The molecule has 0 aliphatic rings. The van der Waals surface area contributed by atoms with E-state index in [-0.39, 0.29) is 0 Å². The number of hydrogen-bond donors (Lipinski definition) is 2. The van der Waals surface area contributed by atoms with Crippen LogP contribution in [0.4, 0.5) is 0 Å². The zero-order valence-corrected chi connectivity index (χ0v) is 17.9. The van der Waals surface area contributed by atoms with Crippen molar-refractivity contribution in [3.8, 4) is 17.1 Å². The highest BCUT2D eigenvalue weighted by molar-refractivity contribution is 6.30. The molecule has 1 aromatic heterocycles. The molecule has 2 aromatic carbocycles. The Morgan fingerprint density at radius 1 is 1.13 bits per heavy atom. The highest BCUT2D eigenvalue weighted by atomic mass is 35.5. The standard InChI is InChI=1S/C22H26ClN5O2/c1-3-24-22(25-13-11-16-7-9-19(29-2)10-8-16)26-14-12-20-27-21(28-30-20)17-5-4-6-18(23)15-17/h4-10,15H,3,11-14H2,1-2H3,(H2,24,25,26). The number of guanidine groups is 1. The van der Waals surface area contributed by atoms with Gasteiger partial charge in [0.2, 0.25) is 11.7 Å². The number of ether oxygens (including phenoxy) is 1. The summed E-state index contributed by atoms with van der Waals surface area (Å²) in [5.41, 5.74) is 2.06. The highest BCUT2D eigenvalue weighted by Gasteiger charge is 2.09. The SMILES string of the molecule is CCNC(=NCCc1nc(-c2cccc(Cl)c2)no1)NCCc1ccc(OC)cc1. The number of aromatic nitrogens is 2. The summed E-state index contributed by atoms with van der Waals surface area (Å²) >= 11 is 6.02. The fourth-order valence-electron chi connectivity index (χ4n) is 2.82. The van der Waals surface area contributed by atoms with Crippen LogP contribution in [0.1, 0.15) is 18.4 Å². The van der Waals surface area contributed by atoms with Crippen LogP contribution in [0.5, 0.6) is 5.75 Å². The largest absolute Gasteiger partial charge is 0.497 e. The molecule has 7 nitrogen and oxygen atoms in total. The van der Waals surface area contributed by atoms with Gasteiger partial charge in [0, 0.05) is 30.1 Å². The van der Waals surface area contributed by atoms with Crippen LogP contribution >= 0.6 is 11.6 Å². The molecule has 0 spiro atoms. The average molecular weight is 428 g/mol. The van der Waals surface area contributed by atoms with Gasteiger partial charge in [-0.25, -0.2) is 0 Å². The first-order valence-electron chi connectivity index (χ1n) is 9.91. The van der Waals surface area contributed by atoms with Crippen LogP contribution in [0.2, 0.25) is 5.02 Å². The average Bonchev–Trinajstić information content (AvgIpc) is 3.23. The van der Waals surface area contributed by atoms with Gasteiger partial charge >= 0.3 is 0 Å². The topological polar surface area (TPSA) is 84.6 Å². The van der Waals surface area contributed by atoms with Gasteiger partial charge in [-0.3, -0.25) is 4.99 Å². The Morgan fingerprint density at radius 3 is 2.70 bits per heavy atom. The molecular formula is C22H26ClN5O2. The van der Waals surface area contributed by atoms with E-state index < -0.39 is 0 Å². The molecule has 30 heavy (non-hydrogen) atoms. The van der Waals surface area contributed by atoms with Crippen molar-refractivity contribution >= 4 is 17.6 Å². The Balaban J connectivity index is 1.49. The molecule has 3 rings (SSSR count). The molecule has 0 amide bonds. The molecule has 3 aromatic rings. The fourth-order valence-corrected chi connectivity index (χ4v) is 3.01. The summed E-state index contributed by atoms with van der Waals surface area (Å²) in [6.07, 6.45) is 1.45. The molecule has 158 valence electrons. The lowest BCUT2D eigenvalue weighted by Gasteiger charge is -2.11. The van der Waals surface area contributed by atoms with E-state index in [0.29, 0.717) is 29.7 Å². The van der Waals surface area contributed by atoms with E-state index in [1.165, 1.54) is 5.56 Å². The number of aliphatic imine (C=N–C) groups is 1. The summed E-state index contributed by atoms with van der Waals surface area (Å²) in [5.74, 6) is 2.70. The zero-order chi connectivity index (χ0) is 21.2. The molecule has 8 heteroatoms. The molecule has 1 heterocycles. The summed E-state index contributed by atoms with van der Waals surface area (Å²) in [7, 11) is 1.67. The van der Waals surface area contributed by atoms with Gasteiger partial charge in [0.05, 0.1) is 13.7 Å². The second-order valence-corrected chi connectivity index (χ2v) is 6.99. The van der Waals surface area contributed by atoms with Gasteiger partial charge < -0.3 is 19.9 Å². The number of nitrogens with zero attached hydrogens (tertiary/aromatic N) is 3. The van der Waals surface area contributed by atoms with Crippen molar-refractivity contribution < 1.29 is 9.26 Å². The second kappa shape index (κ2) is 11.2. The first kappa shape index (κ1) is 21.6. The van der Waals surface area contributed by atoms with Crippen LogP contribution in [0.25, 0.3) is 11.4 Å². The third-order valence-corrected chi connectivity index (χ3v) is 4.59. The lowest BCUT2D eigenvalue weighted by atomic mass is 10.1. The Labute approximate surface area is 181 Å². The molecule has 0 aliphatic heterocycles. The van der Waals surface area contributed by atoms with Crippen LogP contribution in [0, 0.1) is 0 Å². The van der Waals surface area contributed by atoms with E-state index in [1.54, 1.807) is 7.11 Å². The summed E-state index contributed by atoms with van der Waals surface area (Å²) in [6.45, 7) is 4.14. The van der Waals surface area contributed by atoms with Crippen LogP contribution in [-0.4, -0.2) is 42.8 Å². The minimum Gasteiger partial charge on any atom is -0.497 e. The van der Waals surface area contributed by atoms with Gasteiger partial charge in [0.25, 0.3) is 0 Å². The Kier molecular flexibility index (Phi) is 8.09. The lowest BCUT2D eigenvalue weighted by Crippen LogP contribution is -2.38. The Bertz CT molecular complexity index is 956. The third-order valence-electron chi connectivity index (χ3n) is 4.36. The number of benzene rings is 2. The minimum absolute atomic E-state index is 0.529. The summed E-state index contributed by atoms with van der Waals surface area (Å²) < 4.78 is 10.5. The van der Waals surface area contributed by atoms with E-state index in [2.05, 4.69) is 37.9 Å². The summed E-state index contributed by atoms with van der Waals surface area (Å²) in [6, 6.07) is 15.4. The zero-order valence-electron chi connectivity index (χ0n) is 17.2. The van der Waals surface area contributed by atoms with Crippen LogP contribution in [0.3, 0.4) is 0 Å². The van der Waals surface area contributed by atoms with Crippen LogP contribution < -0.4 is 15.4 Å². The van der Waals surface area contributed by atoms with E-state index in [1.807, 2.05) is 43.3 Å².